The summed E-state index contributed by atoms with van der Waals surface area (Å²) >= 11 is 0. The zero-order valence-electron chi connectivity index (χ0n) is 14.6. The summed E-state index contributed by atoms with van der Waals surface area (Å²) in [6, 6.07) is 6.11. The number of benzene rings is 1. The van der Waals surface area contributed by atoms with E-state index in [2.05, 4.69) is 15.5 Å². The molecule has 25 heavy (non-hydrogen) atoms. The Labute approximate surface area is 148 Å². The molecular weight excluding hydrogens is 318 g/mol. The number of hydrogen-bond acceptors (Lipinski definition) is 4. The molecule has 3 aliphatic rings. The molecule has 1 saturated carbocycles. The molecular formula is C19H27N3O3. The summed E-state index contributed by atoms with van der Waals surface area (Å²) in [5.41, 5.74) is 0.723. The van der Waals surface area contributed by atoms with Crippen molar-refractivity contribution in [3.05, 3.63) is 18.2 Å². The molecule has 1 aliphatic carbocycles. The molecule has 0 unspecified atom stereocenters. The number of carbonyl (C=O) groups excluding carboxylic acids is 1. The number of fused-ring (bicyclic) bond motifs is 1. The molecule has 1 saturated heterocycles. The summed E-state index contributed by atoms with van der Waals surface area (Å²) in [6.07, 6.45) is 6.64. The largest absolute Gasteiger partial charge is 0.486 e. The number of nitrogens with one attached hydrogen (secondary N) is 2. The van der Waals surface area contributed by atoms with Crippen LogP contribution in [0.2, 0.25) is 0 Å². The monoisotopic (exact) mass is 345 g/mol. The maximum absolute atomic E-state index is 12.2. The molecule has 1 aromatic carbocycles. The quantitative estimate of drug-likeness (QED) is 0.881. The van der Waals surface area contributed by atoms with Crippen LogP contribution in [0.3, 0.4) is 0 Å². The lowest BCUT2D eigenvalue weighted by molar-refractivity contribution is 0.171. The Balaban J connectivity index is 1.23. The van der Waals surface area contributed by atoms with Gasteiger partial charge in [-0.25, -0.2) is 4.79 Å². The topological polar surface area (TPSA) is 62.8 Å². The van der Waals surface area contributed by atoms with Crippen molar-refractivity contribution in [2.75, 3.05) is 38.2 Å². The van der Waals surface area contributed by atoms with Crippen LogP contribution in [0.4, 0.5) is 10.5 Å². The maximum Gasteiger partial charge on any atom is 0.319 e. The number of nitrogens with zero attached hydrogens (tertiary/aromatic N) is 1. The van der Waals surface area contributed by atoms with Crippen molar-refractivity contribution in [1.82, 2.24) is 10.2 Å². The lowest BCUT2D eigenvalue weighted by atomic mass is 10.1. The average Bonchev–Trinajstić information content (AvgIpc) is 3.31. The molecule has 2 amide bonds. The first kappa shape index (κ1) is 16.5. The summed E-state index contributed by atoms with van der Waals surface area (Å²) in [6.45, 7) is 4.15. The van der Waals surface area contributed by atoms with E-state index in [1.54, 1.807) is 0 Å². The molecule has 6 nitrogen and oxygen atoms in total. The van der Waals surface area contributed by atoms with E-state index in [4.69, 9.17) is 9.47 Å². The third kappa shape index (κ3) is 4.00. The molecule has 4 rings (SSSR count). The molecule has 2 aliphatic heterocycles. The minimum atomic E-state index is -0.156. The van der Waals surface area contributed by atoms with Crippen LogP contribution in [0.5, 0.6) is 11.5 Å². The predicted octanol–water partition coefficient (Wildman–Crippen LogP) is 2.84. The van der Waals surface area contributed by atoms with E-state index in [1.165, 1.54) is 38.6 Å². The van der Waals surface area contributed by atoms with Crippen LogP contribution < -0.4 is 20.1 Å². The van der Waals surface area contributed by atoms with Crippen LogP contribution in [0.25, 0.3) is 0 Å². The Hall–Kier alpha value is -1.95. The lowest BCUT2D eigenvalue weighted by Gasteiger charge is -2.23. The van der Waals surface area contributed by atoms with Crippen molar-refractivity contribution < 1.29 is 14.3 Å². The van der Waals surface area contributed by atoms with Crippen LogP contribution in [0.15, 0.2) is 18.2 Å². The summed E-state index contributed by atoms with van der Waals surface area (Å²) in [5, 5.41) is 5.90. The van der Waals surface area contributed by atoms with Crippen molar-refractivity contribution in [3.63, 3.8) is 0 Å². The highest BCUT2D eigenvalue weighted by Gasteiger charge is 2.29. The van der Waals surface area contributed by atoms with Gasteiger partial charge < -0.3 is 25.0 Å². The molecule has 2 N–H and O–H groups in total. The van der Waals surface area contributed by atoms with Crippen molar-refractivity contribution in [3.8, 4) is 11.5 Å². The minimum Gasteiger partial charge on any atom is -0.486 e. The van der Waals surface area contributed by atoms with E-state index in [-0.39, 0.29) is 6.03 Å². The first-order valence-corrected chi connectivity index (χ1v) is 9.46. The van der Waals surface area contributed by atoms with E-state index < -0.39 is 0 Å². The van der Waals surface area contributed by atoms with Gasteiger partial charge in [0.1, 0.15) is 13.2 Å². The number of ether oxygens (including phenoxy) is 2. The Bertz CT molecular complexity index is 616. The molecule has 0 bridgehead atoms. The van der Waals surface area contributed by atoms with E-state index >= 15 is 0 Å². The van der Waals surface area contributed by atoms with E-state index in [0.29, 0.717) is 24.9 Å². The number of rotatable bonds is 4. The van der Waals surface area contributed by atoms with Crippen molar-refractivity contribution in [2.45, 2.75) is 38.1 Å². The molecule has 2 fully saturated rings. The maximum atomic E-state index is 12.2. The number of likely N-dealkylation sites (tertiary alicyclic amines) is 1. The summed E-state index contributed by atoms with van der Waals surface area (Å²) in [5.74, 6) is 1.98. The first-order valence-electron chi connectivity index (χ1n) is 9.46. The second kappa shape index (κ2) is 7.52. The fourth-order valence-electron chi connectivity index (χ4n) is 4.16. The van der Waals surface area contributed by atoms with Gasteiger partial charge in [-0.3, -0.25) is 0 Å². The third-order valence-electron chi connectivity index (χ3n) is 5.51. The van der Waals surface area contributed by atoms with Gasteiger partial charge in [-0.05, 0) is 43.9 Å². The van der Waals surface area contributed by atoms with Crippen molar-refractivity contribution in [2.24, 2.45) is 5.92 Å². The van der Waals surface area contributed by atoms with Crippen LogP contribution in [-0.2, 0) is 0 Å². The normalized spacial score (nSPS) is 23.6. The predicted molar refractivity (Wildman–Crippen MR) is 96.4 cm³/mol. The zero-order valence-corrected chi connectivity index (χ0v) is 14.6. The Morgan fingerprint density at radius 3 is 2.76 bits per heavy atom. The summed E-state index contributed by atoms with van der Waals surface area (Å²) in [4.78, 5) is 14.8. The number of urea groups is 1. The number of hydrogen-bond donors (Lipinski definition) is 2. The van der Waals surface area contributed by atoms with Crippen molar-refractivity contribution >= 4 is 11.7 Å². The third-order valence-corrected chi connectivity index (χ3v) is 5.51. The second-order valence-corrected chi connectivity index (χ2v) is 7.28. The molecule has 6 heteroatoms. The van der Waals surface area contributed by atoms with E-state index in [1.807, 2.05) is 18.2 Å². The summed E-state index contributed by atoms with van der Waals surface area (Å²) < 4.78 is 11.0. The van der Waals surface area contributed by atoms with E-state index in [0.717, 1.165) is 30.6 Å². The van der Waals surface area contributed by atoms with Gasteiger partial charge in [0.25, 0.3) is 0 Å². The Morgan fingerprint density at radius 1 is 1.12 bits per heavy atom. The Morgan fingerprint density at radius 2 is 1.92 bits per heavy atom. The van der Waals surface area contributed by atoms with Gasteiger partial charge in [0, 0.05) is 30.9 Å². The van der Waals surface area contributed by atoms with Gasteiger partial charge in [-0.15, -0.1) is 0 Å². The fourth-order valence-corrected chi connectivity index (χ4v) is 4.16. The van der Waals surface area contributed by atoms with Crippen LogP contribution in [-0.4, -0.2) is 49.8 Å². The van der Waals surface area contributed by atoms with Crippen LogP contribution in [0, 0.1) is 5.92 Å². The Kier molecular flexibility index (Phi) is 4.97. The molecule has 136 valence electrons. The fraction of sp³-hybridized carbons (Fsp3) is 0.632. The van der Waals surface area contributed by atoms with Crippen LogP contribution >= 0.6 is 0 Å². The van der Waals surface area contributed by atoms with Crippen LogP contribution in [0.1, 0.15) is 32.1 Å². The zero-order chi connectivity index (χ0) is 17.1. The molecule has 1 atom stereocenters. The van der Waals surface area contributed by atoms with Gasteiger partial charge in [-0.2, -0.15) is 0 Å². The number of amides is 2. The van der Waals surface area contributed by atoms with Gasteiger partial charge >= 0.3 is 6.03 Å². The minimum absolute atomic E-state index is 0.156. The highest BCUT2D eigenvalue weighted by Crippen LogP contribution is 2.32. The second-order valence-electron chi connectivity index (χ2n) is 7.28. The number of anilines is 1. The molecule has 2 heterocycles. The highest BCUT2D eigenvalue weighted by atomic mass is 16.6. The molecule has 1 aromatic rings. The lowest BCUT2D eigenvalue weighted by Crippen LogP contribution is -2.35. The van der Waals surface area contributed by atoms with Crippen molar-refractivity contribution in [1.29, 1.82) is 0 Å². The number of carbonyl (C=O) groups is 1. The SMILES string of the molecule is O=C(NC[C@H]1CCN(C2CCCC2)C1)Nc1ccc2c(c1)OCCO2. The highest BCUT2D eigenvalue weighted by molar-refractivity contribution is 5.89. The standard InChI is InChI=1S/C19H27N3O3/c23-19(21-15-5-6-17-18(11-15)25-10-9-24-17)20-12-14-7-8-22(13-14)16-3-1-2-4-16/h5-6,11,14,16H,1-4,7-10,12-13H2,(H2,20,21,23)/t14-/m1/s1. The molecule has 0 radical (unpaired) electrons. The smallest absolute Gasteiger partial charge is 0.319 e. The van der Waals surface area contributed by atoms with Gasteiger partial charge in [0.15, 0.2) is 11.5 Å². The van der Waals surface area contributed by atoms with Gasteiger partial charge in [0.05, 0.1) is 0 Å². The van der Waals surface area contributed by atoms with E-state index in [9.17, 15) is 4.79 Å². The molecule has 0 aromatic heterocycles. The first-order chi connectivity index (χ1) is 12.3. The average molecular weight is 345 g/mol. The molecule has 0 spiro atoms. The van der Waals surface area contributed by atoms with Gasteiger partial charge in [0.2, 0.25) is 0 Å². The summed E-state index contributed by atoms with van der Waals surface area (Å²) in [7, 11) is 0. The van der Waals surface area contributed by atoms with Gasteiger partial charge in [-0.1, -0.05) is 12.8 Å².